The normalized spacial score (nSPS) is 22.5. The minimum atomic E-state index is 0.444. The third-order valence-electron chi connectivity index (χ3n) is 2.46. The van der Waals surface area contributed by atoms with Crippen molar-refractivity contribution < 1.29 is 9.37 Å². The van der Waals surface area contributed by atoms with E-state index in [1.807, 2.05) is 6.92 Å². The zero-order valence-corrected chi connectivity index (χ0v) is 8.32. The van der Waals surface area contributed by atoms with E-state index in [1.165, 1.54) is 6.42 Å². The van der Waals surface area contributed by atoms with E-state index in [9.17, 15) is 0 Å². The van der Waals surface area contributed by atoms with Crippen molar-refractivity contribution >= 4 is 0 Å². The summed E-state index contributed by atoms with van der Waals surface area (Å²) in [5.74, 6) is 0. The van der Waals surface area contributed by atoms with Crippen LogP contribution in [0.2, 0.25) is 0 Å². The highest BCUT2D eigenvalue weighted by Gasteiger charge is 2.14. The van der Waals surface area contributed by atoms with E-state index >= 15 is 0 Å². The SMILES string of the molecule is Cc1nonc1CNC1CCCOC1. The van der Waals surface area contributed by atoms with Crippen molar-refractivity contribution in [2.75, 3.05) is 13.2 Å². The first-order valence-electron chi connectivity index (χ1n) is 4.95. The molecule has 1 aromatic heterocycles. The number of nitrogens with one attached hydrogen (secondary N) is 1. The number of aromatic nitrogens is 2. The maximum Gasteiger partial charge on any atom is 0.121 e. The second-order valence-corrected chi connectivity index (χ2v) is 3.59. The summed E-state index contributed by atoms with van der Waals surface area (Å²) in [5.41, 5.74) is 1.74. The van der Waals surface area contributed by atoms with Gasteiger partial charge in [-0.05, 0) is 19.8 Å². The summed E-state index contributed by atoms with van der Waals surface area (Å²) >= 11 is 0. The topological polar surface area (TPSA) is 60.2 Å². The van der Waals surface area contributed by atoms with Gasteiger partial charge >= 0.3 is 0 Å². The number of nitrogens with zero attached hydrogens (tertiary/aromatic N) is 2. The summed E-state index contributed by atoms with van der Waals surface area (Å²) in [6, 6.07) is 0.444. The Morgan fingerprint density at radius 2 is 2.43 bits per heavy atom. The van der Waals surface area contributed by atoms with Gasteiger partial charge in [-0.25, -0.2) is 4.63 Å². The molecule has 1 unspecified atom stereocenters. The van der Waals surface area contributed by atoms with Crippen LogP contribution in [0.5, 0.6) is 0 Å². The molecule has 0 saturated carbocycles. The van der Waals surface area contributed by atoms with E-state index in [4.69, 9.17) is 4.74 Å². The minimum absolute atomic E-state index is 0.444. The van der Waals surface area contributed by atoms with Gasteiger partial charge in [-0.15, -0.1) is 0 Å². The molecule has 5 heteroatoms. The van der Waals surface area contributed by atoms with Gasteiger partial charge in [0.15, 0.2) is 0 Å². The Labute approximate surface area is 82.8 Å². The predicted molar refractivity (Wildman–Crippen MR) is 49.7 cm³/mol. The summed E-state index contributed by atoms with van der Waals surface area (Å²) in [4.78, 5) is 0. The van der Waals surface area contributed by atoms with E-state index in [1.54, 1.807) is 0 Å². The first-order chi connectivity index (χ1) is 6.86. The number of rotatable bonds is 3. The smallest absolute Gasteiger partial charge is 0.121 e. The van der Waals surface area contributed by atoms with Crippen molar-refractivity contribution in [1.82, 2.24) is 15.6 Å². The van der Waals surface area contributed by atoms with Gasteiger partial charge in [-0.1, -0.05) is 10.3 Å². The van der Waals surface area contributed by atoms with Crippen LogP contribution in [0.3, 0.4) is 0 Å². The summed E-state index contributed by atoms with van der Waals surface area (Å²) in [5, 5.41) is 10.9. The van der Waals surface area contributed by atoms with Crippen LogP contribution >= 0.6 is 0 Å². The molecule has 1 fully saturated rings. The van der Waals surface area contributed by atoms with Crippen LogP contribution in [-0.4, -0.2) is 29.6 Å². The lowest BCUT2D eigenvalue weighted by Crippen LogP contribution is -2.36. The number of ether oxygens (including phenoxy) is 1. The zero-order chi connectivity index (χ0) is 9.80. The Bertz CT molecular complexity index is 281. The summed E-state index contributed by atoms with van der Waals surface area (Å²) in [6.07, 6.45) is 2.30. The van der Waals surface area contributed by atoms with Gasteiger partial charge in [0.25, 0.3) is 0 Å². The molecule has 5 nitrogen and oxygen atoms in total. The fourth-order valence-electron chi connectivity index (χ4n) is 1.55. The highest BCUT2D eigenvalue weighted by molar-refractivity contribution is 5.04. The van der Waals surface area contributed by atoms with E-state index in [-0.39, 0.29) is 0 Å². The van der Waals surface area contributed by atoms with Gasteiger partial charge in [0.1, 0.15) is 11.4 Å². The highest BCUT2D eigenvalue weighted by Crippen LogP contribution is 2.07. The third kappa shape index (κ3) is 2.30. The highest BCUT2D eigenvalue weighted by atomic mass is 16.6. The van der Waals surface area contributed by atoms with Crippen molar-refractivity contribution in [3.05, 3.63) is 11.4 Å². The van der Waals surface area contributed by atoms with Crippen LogP contribution in [-0.2, 0) is 11.3 Å². The first-order valence-corrected chi connectivity index (χ1v) is 4.95. The Kier molecular flexibility index (Phi) is 3.10. The second kappa shape index (κ2) is 4.52. The lowest BCUT2D eigenvalue weighted by Gasteiger charge is -2.22. The summed E-state index contributed by atoms with van der Waals surface area (Å²) < 4.78 is 9.97. The first kappa shape index (κ1) is 9.61. The molecule has 0 amide bonds. The fraction of sp³-hybridized carbons (Fsp3) is 0.778. The minimum Gasteiger partial charge on any atom is -0.380 e. The standard InChI is InChI=1S/C9H15N3O2/c1-7-9(12-14-11-7)5-10-8-3-2-4-13-6-8/h8,10H,2-6H2,1H3. The number of hydrogen-bond donors (Lipinski definition) is 1. The van der Waals surface area contributed by atoms with Crippen LogP contribution in [0.25, 0.3) is 0 Å². The van der Waals surface area contributed by atoms with Gasteiger partial charge < -0.3 is 10.1 Å². The average molecular weight is 197 g/mol. The maximum absolute atomic E-state index is 5.36. The summed E-state index contributed by atoms with van der Waals surface area (Å²) in [7, 11) is 0. The zero-order valence-electron chi connectivity index (χ0n) is 8.32. The molecular weight excluding hydrogens is 182 g/mol. The van der Waals surface area contributed by atoms with E-state index in [0.717, 1.165) is 31.0 Å². The predicted octanol–water partition coefficient (Wildman–Crippen LogP) is 0.647. The molecule has 1 saturated heterocycles. The molecule has 2 rings (SSSR count). The van der Waals surface area contributed by atoms with Crippen LogP contribution in [0.15, 0.2) is 4.63 Å². The average Bonchev–Trinajstić information content (AvgIpc) is 2.63. The largest absolute Gasteiger partial charge is 0.380 e. The molecule has 2 heterocycles. The molecule has 14 heavy (non-hydrogen) atoms. The van der Waals surface area contributed by atoms with Crippen LogP contribution in [0, 0.1) is 6.92 Å². The lowest BCUT2D eigenvalue weighted by atomic mass is 10.1. The third-order valence-corrected chi connectivity index (χ3v) is 2.46. The van der Waals surface area contributed by atoms with E-state index in [2.05, 4.69) is 20.3 Å². The molecule has 1 aliphatic heterocycles. The molecule has 1 atom stereocenters. The molecule has 78 valence electrons. The van der Waals surface area contributed by atoms with Crippen molar-refractivity contribution in [3.8, 4) is 0 Å². The molecule has 0 radical (unpaired) electrons. The number of aryl methyl sites for hydroxylation is 1. The monoisotopic (exact) mass is 197 g/mol. The molecule has 0 bridgehead atoms. The molecule has 1 N–H and O–H groups in total. The van der Waals surface area contributed by atoms with Crippen LogP contribution in [0.4, 0.5) is 0 Å². The Hall–Kier alpha value is -0.940. The molecular formula is C9H15N3O2. The van der Waals surface area contributed by atoms with Crippen molar-refractivity contribution in [1.29, 1.82) is 0 Å². The Morgan fingerprint density at radius 3 is 3.07 bits per heavy atom. The summed E-state index contributed by atoms with van der Waals surface area (Å²) in [6.45, 7) is 4.29. The van der Waals surface area contributed by atoms with Crippen molar-refractivity contribution in [2.24, 2.45) is 0 Å². The molecule has 1 aromatic rings. The Morgan fingerprint density at radius 1 is 1.50 bits per heavy atom. The van der Waals surface area contributed by atoms with Gasteiger partial charge in [-0.2, -0.15) is 0 Å². The molecule has 1 aliphatic rings. The van der Waals surface area contributed by atoms with Crippen molar-refractivity contribution in [2.45, 2.75) is 32.4 Å². The van der Waals surface area contributed by atoms with Gasteiger partial charge in [0.2, 0.25) is 0 Å². The molecule has 0 aliphatic carbocycles. The van der Waals surface area contributed by atoms with Crippen LogP contribution in [0.1, 0.15) is 24.2 Å². The maximum atomic E-state index is 5.36. The second-order valence-electron chi connectivity index (χ2n) is 3.59. The van der Waals surface area contributed by atoms with Gasteiger partial charge in [-0.3, -0.25) is 0 Å². The molecule has 0 aromatic carbocycles. The number of hydrogen-bond acceptors (Lipinski definition) is 5. The fourth-order valence-corrected chi connectivity index (χ4v) is 1.55. The quantitative estimate of drug-likeness (QED) is 0.770. The molecule has 0 spiro atoms. The van der Waals surface area contributed by atoms with Gasteiger partial charge in [0.05, 0.1) is 6.61 Å². The van der Waals surface area contributed by atoms with Crippen molar-refractivity contribution in [3.63, 3.8) is 0 Å². The van der Waals surface area contributed by atoms with Gasteiger partial charge in [0, 0.05) is 19.2 Å². The van der Waals surface area contributed by atoms with E-state index in [0.29, 0.717) is 12.6 Å². The van der Waals surface area contributed by atoms with Crippen LogP contribution < -0.4 is 5.32 Å². The van der Waals surface area contributed by atoms with E-state index < -0.39 is 0 Å². The lowest BCUT2D eigenvalue weighted by molar-refractivity contribution is 0.0697. The Balaban J connectivity index is 1.79.